The van der Waals surface area contributed by atoms with Gasteiger partial charge in [0.25, 0.3) is 5.91 Å². The van der Waals surface area contributed by atoms with Crippen LogP contribution in [-0.4, -0.2) is 22.1 Å². The molecule has 0 unspecified atom stereocenters. The van der Waals surface area contributed by atoms with Crippen LogP contribution in [0.15, 0.2) is 61.2 Å². The molecule has 0 heterocycles. The summed E-state index contributed by atoms with van der Waals surface area (Å²) in [6.07, 6.45) is 1.07. The highest BCUT2D eigenvalue weighted by molar-refractivity contribution is 6.53. The second kappa shape index (κ2) is 11.7. The van der Waals surface area contributed by atoms with Crippen molar-refractivity contribution in [2.75, 3.05) is 16.0 Å². The number of amides is 3. The summed E-state index contributed by atoms with van der Waals surface area (Å²) in [4.78, 5) is 37.7. The molecule has 3 aromatic rings. The maximum Gasteiger partial charge on any atom is 0.257 e. The fraction of sp³-hybridized carbons (Fsp3) is 0.148. The summed E-state index contributed by atoms with van der Waals surface area (Å²) in [5.74, 6) is -6.68. The van der Waals surface area contributed by atoms with Gasteiger partial charge >= 0.3 is 0 Å². The van der Waals surface area contributed by atoms with Gasteiger partial charge in [-0.05, 0) is 48.0 Å². The third kappa shape index (κ3) is 6.07. The van der Waals surface area contributed by atoms with E-state index in [0.717, 1.165) is 18.2 Å². The molecule has 1 fully saturated rings. The van der Waals surface area contributed by atoms with Crippen LogP contribution in [-0.2, 0) is 9.59 Å². The van der Waals surface area contributed by atoms with Gasteiger partial charge in [0.05, 0.1) is 27.2 Å². The fourth-order valence-electron chi connectivity index (χ4n) is 4.05. The van der Waals surface area contributed by atoms with Crippen LogP contribution in [0.25, 0.3) is 0 Å². The van der Waals surface area contributed by atoms with E-state index in [-0.39, 0.29) is 27.7 Å². The van der Waals surface area contributed by atoms with Crippen molar-refractivity contribution in [1.29, 1.82) is 0 Å². The summed E-state index contributed by atoms with van der Waals surface area (Å²) in [5.41, 5.74) is -0.721. The second-order valence-corrected chi connectivity index (χ2v) is 11.0. The SMILES string of the molecule is C=CCC(=O)Nc1c(F)ccc(NC(=O)c2cc(NC(=O)[C@H]3[C@H](c4ccc(F)c(Cl)c4)C3(Cl)Cl)ccc2Cl)c1F. The molecule has 1 aliphatic carbocycles. The average Bonchev–Trinajstić information content (AvgIpc) is 3.48. The van der Waals surface area contributed by atoms with Gasteiger partial charge in [-0.2, -0.15) is 0 Å². The summed E-state index contributed by atoms with van der Waals surface area (Å²) in [5, 5.41) is 6.78. The highest BCUT2D eigenvalue weighted by Crippen LogP contribution is 2.65. The van der Waals surface area contributed by atoms with Crippen LogP contribution in [0.1, 0.15) is 28.3 Å². The molecular formula is C27H18Cl4F3N3O3. The molecule has 3 amide bonds. The number of alkyl halides is 2. The zero-order chi connectivity index (χ0) is 29.4. The Balaban J connectivity index is 1.51. The maximum absolute atomic E-state index is 14.9. The number of rotatable bonds is 8. The molecule has 13 heteroatoms. The Kier molecular flexibility index (Phi) is 8.70. The lowest BCUT2D eigenvalue weighted by atomic mass is 10.1. The quantitative estimate of drug-likeness (QED) is 0.176. The van der Waals surface area contributed by atoms with Crippen LogP contribution < -0.4 is 16.0 Å². The monoisotopic (exact) mass is 629 g/mol. The van der Waals surface area contributed by atoms with Crippen molar-refractivity contribution < 1.29 is 27.6 Å². The Hall–Kier alpha value is -3.24. The number of nitrogens with one attached hydrogen (secondary N) is 3. The highest BCUT2D eigenvalue weighted by Gasteiger charge is 2.67. The van der Waals surface area contributed by atoms with Crippen molar-refractivity contribution >= 4 is 81.2 Å². The zero-order valence-electron chi connectivity index (χ0n) is 20.1. The van der Waals surface area contributed by atoms with Gasteiger partial charge in [0.1, 0.15) is 21.7 Å². The predicted octanol–water partition coefficient (Wildman–Crippen LogP) is 7.70. The first kappa shape index (κ1) is 29.7. The molecule has 0 spiro atoms. The topological polar surface area (TPSA) is 87.3 Å². The molecule has 0 aromatic heterocycles. The number of anilines is 3. The van der Waals surface area contributed by atoms with Crippen molar-refractivity contribution in [2.45, 2.75) is 16.7 Å². The molecule has 3 aromatic carbocycles. The first-order valence-electron chi connectivity index (χ1n) is 11.5. The normalized spacial score (nSPS) is 17.1. The molecule has 2 atom stereocenters. The lowest BCUT2D eigenvalue weighted by Crippen LogP contribution is -2.19. The Labute approximate surface area is 246 Å². The van der Waals surface area contributed by atoms with Gasteiger partial charge in [-0.25, -0.2) is 13.2 Å². The summed E-state index contributed by atoms with van der Waals surface area (Å²) in [6, 6.07) is 9.72. The zero-order valence-corrected chi connectivity index (χ0v) is 23.2. The molecule has 4 rings (SSSR count). The van der Waals surface area contributed by atoms with Crippen LogP contribution in [0.4, 0.5) is 30.2 Å². The van der Waals surface area contributed by atoms with E-state index in [1.54, 1.807) is 0 Å². The molecule has 0 radical (unpaired) electrons. The number of hydrogen-bond donors (Lipinski definition) is 3. The summed E-state index contributed by atoms with van der Waals surface area (Å²) < 4.78 is 41.1. The Bertz CT molecular complexity index is 1550. The van der Waals surface area contributed by atoms with Crippen molar-refractivity contribution in [1.82, 2.24) is 0 Å². The van der Waals surface area contributed by atoms with Crippen LogP contribution in [0.2, 0.25) is 10.0 Å². The number of benzene rings is 3. The lowest BCUT2D eigenvalue weighted by molar-refractivity contribution is -0.117. The third-order valence-electron chi connectivity index (χ3n) is 6.05. The Morgan fingerprint density at radius 2 is 1.60 bits per heavy atom. The minimum Gasteiger partial charge on any atom is -0.326 e. The molecule has 1 aliphatic rings. The van der Waals surface area contributed by atoms with Crippen molar-refractivity contribution in [3.63, 3.8) is 0 Å². The van der Waals surface area contributed by atoms with Gasteiger partial charge in [-0.3, -0.25) is 14.4 Å². The lowest BCUT2D eigenvalue weighted by Gasteiger charge is -2.13. The smallest absolute Gasteiger partial charge is 0.257 e. The molecule has 6 nitrogen and oxygen atoms in total. The van der Waals surface area contributed by atoms with Crippen LogP contribution in [0.3, 0.4) is 0 Å². The number of carbonyl (C=O) groups is 3. The number of carbonyl (C=O) groups excluding carboxylic acids is 3. The Morgan fingerprint density at radius 1 is 0.900 bits per heavy atom. The van der Waals surface area contributed by atoms with Gasteiger partial charge < -0.3 is 16.0 Å². The van der Waals surface area contributed by atoms with Crippen molar-refractivity contribution in [3.05, 3.63) is 99.8 Å². The summed E-state index contributed by atoms with van der Waals surface area (Å²) in [7, 11) is 0. The van der Waals surface area contributed by atoms with Crippen LogP contribution in [0.5, 0.6) is 0 Å². The molecular weight excluding hydrogens is 613 g/mol. The first-order valence-corrected chi connectivity index (χ1v) is 13.0. The summed E-state index contributed by atoms with van der Waals surface area (Å²) >= 11 is 24.7. The van der Waals surface area contributed by atoms with Gasteiger partial charge in [0.15, 0.2) is 5.82 Å². The third-order valence-corrected chi connectivity index (χ3v) is 7.61. The predicted molar refractivity (Wildman–Crippen MR) is 150 cm³/mol. The fourth-order valence-corrected chi connectivity index (χ4v) is 5.27. The second-order valence-electron chi connectivity index (χ2n) is 8.77. The van der Waals surface area contributed by atoms with Crippen LogP contribution >= 0.6 is 46.4 Å². The van der Waals surface area contributed by atoms with Gasteiger partial charge in [0.2, 0.25) is 11.8 Å². The van der Waals surface area contributed by atoms with Gasteiger partial charge in [-0.1, -0.05) is 35.3 Å². The molecule has 1 saturated carbocycles. The standard InChI is InChI=1S/C27H18Cl4F3N3O3/c1-2-3-20(38)37-24-18(33)8-9-19(23(24)34)36-25(39)14-11-13(5-6-15(14)28)35-26(40)22-21(27(22,30)31)12-4-7-17(32)16(29)10-12/h2,4-11,21-22H,1,3H2,(H,35,40)(H,36,39)(H,37,38)/t21-,22+/m0/s1. The molecule has 208 valence electrons. The van der Waals surface area contributed by atoms with E-state index in [9.17, 15) is 27.6 Å². The molecule has 0 aliphatic heterocycles. The molecule has 3 N–H and O–H groups in total. The minimum absolute atomic E-state index is 0.0354. The van der Waals surface area contributed by atoms with Gasteiger partial charge in [-0.15, -0.1) is 29.8 Å². The minimum atomic E-state index is -1.49. The van der Waals surface area contributed by atoms with Crippen LogP contribution in [0, 0.1) is 23.4 Å². The first-order chi connectivity index (χ1) is 18.8. The van der Waals surface area contributed by atoms with E-state index in [0.29, 0.717) is 5.56 Å². The van der Waals surface area contributed by atoms with E-state index < -0.39 is 62.7 Å². The maximum atomic E-state index is 14.9. The van der Waals surface area contributed by atoms with Crippen molar-refractivity contribution in [2.24, 2.45) is 5.92 Å². The summed E-state index contributed by atoms with van der Waals surface area (Å²) in [6.45, 7) is 3.38. The van der Waals surface area contributed by atoms with Crippen molar-refractivity contribution in [3.8, 4) is 0 Å². The largest absolute Gasteiger partial charge is 0.326 e. The van der Waals surface area contributed by atoms with E-state index in [1.165, 1.54) is 36.4 Å². The average molecular weight is 631 g/mol. The number of hydrogen-bond acceptors (Lipinski definition) is 3. The van der Waals surface area contributed by atoms with E-state index >= 15 is 0 Å². The van der Waals surface area contributed by atoms with E-state index in [2.05, 4.69) is 22.5 Å². The number of halogens is 7. The van der Waals surface area contributed by atoms with Gasteiger partial charge in [0, 0.05) is 18.0 Å². The molecule has 40 heavy (non-hydrogen) atoms. The van der Waals surface area contributed by atoms with E-state index in [1.807, 2.05) is 0 Å². The highest BCUT2D eigenvalue weighted by atomic mass is 35.5. The Morgan fingerprint density at radius 3 is 2.27 bits per heavy atom. The van der Waals surface area contributed by atoms with E-state index in [4.69, 9.17) is 46.4 Å². The molecule has 0 saturated heterocycles. The molecule has 0 bridgehead atoms.